The van der Waals surface area contributed by atoms with E-state index in [0.717, 1.165) is 0 Å². The van der Waals surface area contributed by atoms with E-state index in [4.69, 9.17) is 20.1 Å². The summed E-state index contributed by atoms with van der Waals surface area (Å²) in [7, 11) is 0. The number of hydrogen-bond acceptors (Lipinski definition) is 4. The Balaban J connectivity index is 2.89. The van der Waals surface area contributed by atoms with Gasteiger partial charge in [-0.05, 0) is 6.42 Å². The van der Waals surface area contributed by atoms with E-state index in [2.05, 4.69) is 0 Å². The highest BCUT2D eigenvalue weighted by Crippen LogP contribution is 1.85. The molecule has 0 saturated carbocycles. The van der Waals surface area contributed by atoms with Crippen molar-refractivity contribution in [3.8, 4) is 0 Å². The fourth-order valence-corrected chi connectivity index (χ4v) is 0.439. The largest absolute Gasteiger partial charge is 0.396 e. The number of aliphatic hydroxyl groups excluding tert-OH is 3. The van der Waals surface area contributed by atoms with E-state index >= 15 is 0 Å². The highest BCUT2D eigenvalue weighted by Gasteiger charge is 1.99. The second-order valence-corrected chi connectivity index (χ2v) is 1.99. The van der Waals surface area contributed by atoms with Gasteiger partial charge in [-0.15, -0.1) is 0 Å². The molecule has 0 aliphatic heterocycles. The molecule has 0 rings (SSSR count). The van der Waals surface area contributed by atoms with Crippen LogP contribution < -0.4 is 0 Å². The van der Waals surface area contributed by atoms with Crippen LogP contribution in [0.25, 0.3) is 0 Å². The Labute approximate surface area is 60.1 Å². The van der Waals surface area contributed by atoms with Gasteiger partial charge in [-0.3, -0.25) is 0 Å². The molecule has 0 fully saturated rings. The van der Waals surface area contributed by atoms with Crippen molar-refractivity contribution in [2.24, 2.45) is 0 Å². The Morgan fingerprint density at radius 3 is 2.50 bits per heavy atom. The average Bonchev–Trinajstić information content (AvgIpc) is 1.98. The van der Waals surface area contributed by atoms with Gasteiger partial charge in [0, 0.05) is 13.2 Å². The summed E-state index contributed by atoms with van der Waals surface area (Å²) in [4.78, 5) is 0. The molecule has 0 amide bonds. The molecule has 4 heteroatoms. The van der Waals surface area contributed by atoms with Crippen LogP contribution >= 0.6 is 0 Å². The van der Waals surface area contributed by atoms with Crippen molar-refractivity contribution < 1.29 is 20.1 Å². The molecule has 0 aromatic heterocycles. The van der Waals surface area contributed by atoms with Gasteiger partial charge >= 0.3 is 0 Å². The van der Waals surface area contributed by atoms with E-state index in [1.54, 1.807) is 0 Å². The SMILES string of the molecule is OCCCOCC(O)CO. The summed E-state index contributed by atoms with van der Waals surface area (Å²) in [5.74, 6) is 0. The van der Waals surface area contributed by atoms with Crippen molar-refractivity contribution in [2.45, 2.75) is 12.5 Å². The quantitative estimate of drug-likeness (QED) is 0.413. The number of aliphatic hydroxyl groups is 3. The van der Waals surface area contributed by atoms with Crippen molar-refractivity contribution in [2.75, 3.05) is 26.4 Å². The minimum absolute atomic E-state index is 0.0925. The van der Waals surface area contributed by atoms with Gasteiger partial charge in [0.15, 0.2) is 0 Å². The van der Waals surface area contributed by atoms with E-state index in [0.29, 0.717) is 13.0 Å². The highest BCUT2D eigenvalue weighted by atomic mass is 16.5. The molecule has 62 valence electrons. The monoisotopic (exact) mass is 150 g/mol. The molecule has 0 aromatic rings. The molecular formula is C6H14O4. The van der Waals surface area contributed by atoms with Gasteiger partial charge < -0.3 is 20.1 Å². The zero-order chi connectivity index (χ0) is 7.82. The van der Waals surface area contributed by atoms with E-state index in [1.807, 2.05) is 0 Å². The molecule has 0 aliphatic carbocycles. The first kappa shape index (κ1) is 9.84. The van der Waals surface area contributed by atoms with Gasteiger partial charge in [0.2, 0.25) is 0 Å². The Kier molecular flexibility index (Phi) is 6.84. The van der Waals surface area contributed by atoms with Crippen LogP contribution in [0.1, 0.15) is 6.42 Å². The van der Waals surface area contributed by atoms with Gasteiger partial charge in [0.1, 0.15) is 6.10 Å². The van der Waals surface area contributed by atoms with Crippen LogP contribution in [0.2, 0.25) is 0 Å². The summed E-state index contributed by atoms with van der Waals surface area (Å²) in [5.41, 5.74) is 0. The second kappa shape index (κ2) is 6.95. The van der Waals surface area contributed by atoms with Crippen molar-refractivity contribution in [3.05, 3.63) is 0 Å². The standard InChI is InChI=1S/C6H14O4/c7-2-1-3-10-5-6(9)4-8/h6-9H,1-5H2. The third-order valence-electron chi connectivity index (χ3n) is 0.968. The number of rotatable bonds is 6. The first-order valence-corrected chi connectivity index (χ1v) is 3.28. The smallest absolute Gasteiger partial charge is 0.100 e. The van der Waals surface area contributed by atoms with Crippen molar-refractivity contribution in [3.63, 3.8) is 0 Å². The molecular weight excluding hydrogens is 136 g/mol. The van der Waals surface area contributed by atoms with E-state index in [9.17, 15) is 0 Å². The predicted octanol–water partition coefficient (Wildman–Crippen LogP) is -1.26. The summed E-state index contributed by atoms with van der Waals surface area (Å²) >= 11 is 0. The third-order valence-corrected chi connectivity index (χ3v) is 0.968. The van der Waals surface area contributed by atoms with Crippen LogP contribution in [0.5, 0.6) is 0 Å². The normalized spacial score (nSPS) is 13.5. The Hall–Kier alpha value is -0.160. The molecule has 0 heterocycles. The molecule has 1 unspecified atom stereocenters. The van der Waals surface area contributed by atoms with Gasteiger partial charge in [0.25, 0.3) is 0 Å². The Morgan fingerprint density at radius 2 is 2.00 bits per heavy atom. The lowest BCUT2D eigenvalue weighted by atomic mass is 10.4. The molecule has 0 radical (unpaired) electrons. The molecule has 0 saturated heterocycles. The topological polar surface area (TPSA) is 69.9 Å². The van der Waals surface area contributed by atoms with Crippen LogP contribution in [0, 0.1) is 0 Å². The minimum atomic E-state index is -0.793. The van der Waals surface area contributed by atoms with Crippen molar-refractivity contribution in [1.29, 1.82) is 0 Å². The van der Waals surface area contributed by atoms with Crippen LogP contribution in [0.4, 0.5) is 0 Å². The van der Waals surface area contributed by atoms with Gasteiger partial charge in [-0.1, -0.05) is 0 Å². The first-order chi connectivity index (χ1) is 4.81. The Bertz CT molecular complexity index is 66.8. The zero-order valence-electron chi connectivity index (χ0n) is 5.86. The summed E-state index contributed by atoms with van der Waals surface area (Å²) < 4.78 is 4.86. The lowest BCUT2D eigenvalue weighted by molar-refractivity contribution is 0.00297. The van der Waals surface area contributed by atoms with Crippen LogP contribution in [-0.2, 0) is 4.74 Å². The Morgan fingerprint density at radius 1 is 1.30 bits per heavy atom. The highest BCUT2D eigenvalue weighted by molar-refractivity contribution is 4.48. The van der Waals surface area contributed by atoms with Crippen molar-refractivity contribution >= 4 is 0 Å². The summed E-state index contributed by atoms with van der Waals surface area (Å²) in [5, 5.41) is 25.3. The maximum absolute atomic E-state index is 8.72. The molecule has 1 atom stereocenters. The third kappa shape index (κ3) is 5.97. The summed E-state index contributed by atoms with van der Waals surface area (Å²) in [6, 6.07) is 0. The van der Waals surface area contributed by atoms with E-state index in [1.165, 1.54) is 0 Å². The average molecular weight is 150 g/mol. The lowest BCUT2D eigenvalue weighted by Gasteiger charge is -2.06. The first-order valence-electron chi connectivity index (χ1n) is 3.28. The molecule has 3 N–H and O–H groups in total. The van der Waals surface area contributed by atoms with Crippen LogP contribution in [0.15, 0.2) is 0 Å². The van der Waals surface area contributed by atoms with Crippen LogP contribution in [0.3, 0.4) is 0 Å². The van der Waals surface area contributed by atoms with E-state index < -0.39 is 6.10 Å². The molecule has 4 nitrogen and oxygen atoms in total. The molecule has 10 heavy (non-hydrogen) atoms. The molecule has 0 bridgehead atoms. The van der Waals surface area contributed by atoms with Gasteiger partial charge in [-0.25, -0.2) is 0 Å². The zero-order valence-corrected chi connectivity index (χ0v) is 5.86. The maximum Gasteiger partial charge on any atom is 0.100 e. The van der Waals surface area contributed by atoms with Gasteiger partial charge in [-0.2, -0.15) is 0 Å². The number of ether oxygens (including phenoxy) is 1. The molecule has 0 spiro atoms. The van der Waals surface area contributed by atoms with Crippen molar-refractivity contribution in [1.82, 2.24) is 0 Å². The van der Waals surface area contributed by atoms with Gasteiger partial charge in [0.05, 0.1) is 13.2 Å². The van der Waals surface area contributed by atoms with E-state index in [-0.39, 0.29) is 19.8 Å². The fraction of sp³-hybridized carbons (Fsp3) is 1.00. The second-order valence-electron chi connectivity index (χ2n) is 1.99. The minimum Gasteiger partial charge on any atom is -0.396 e. The van der Waals surface area contributed by atoms with Crippen LogP contribution in [-0.4, -0.2) is 47.9 Å². The summed E-state index contributed by atoms with van der Waals surface area (Å²) in [6.45, 7) is 0.373. The molecule has 0 aromatic carbocycles. The fourth-order valence-electron chi connectivity index (χ4n) is 0.439. The summed E-state index contributed by atoms with van der Waals surface area (Å²) in [6.07, 6.45) is -0.225. The maximum atomic E-state index is 8.72. The lowest BCUT2D eigenvalue weighted by Crippen LogP contribution is -2.19. The predicted molar refractivity (Wildman–Crippen MR) is 35.6 cm³/mol. The number of hydrogen-bond donors (Lipinski definition) is 3. The molecule has 0 aliphatic rings.